The van der Waals surface area contributed by atoms with Crippen molar-refractivity contribution in [1.82, 2.24) is 5.16 Å². The van der Waals surface area contributed by atoms with E-state index in [1.54, 1.807) is 18.2 Å². The quantitative estimate of drug-likeness (QED) is 0.433. The molecule has 2 aromatic carbocycles. The van der Waals surface area contributed by atoms with Crippen molar-refractivity contribution in [2.75, 3.05) is 21.0 Å². The van der Waals surface area contributed by atoms with Crippen LogP contribution in [0.5, 0.6) is 28.7 Å². The van der Waals surface area contributed by atoms with Crippen LogP contribution in [0, 0.1) is 0 Å². The van der Waals surface area contributed by atoms with Crippen LogP contribution in [0.25, 0.3) is 22.4 Å². The largest absolute Gasteiger partial charge is 0.716 e. The minimum absolute atomic E-state index is 0.0731. The highest BCUT2D eigenvalue weighted by molar-refractivity contribution is 7.81. The Bertz CT molecular complexity index is 1170. The lowest BCUT2D eigenvalue weighted by molar-refractivity contribution is 0.171. The fourth-order valence-corrected chi connectivity index (χ4v) is 3.29. The minimum atomic E-state index is -4.99. The molecule has 0 radical (unpaired) electrons. The maximum Gasteiger partial charge on any atom is 0.262 e. The number of aromatic nitrogens is 1. The molecule has 0 N–H and O–H groups in total. The van der Waals surface area contributed by atoms with Crippen LogP contribution in [0.3, 0.4) is 0 Å². The molecule has 1 aliphatic heterocycles. The molecule has 1 aromatic heterocycles. The second-order valence-electron chi connectivity index (χ2n) is 5.85. The first-order chi connectivity index (χ1) is 13.9. The third-order valence-electron chi connectivity index (χ3n) is 4.17. The molecule has 29 heavy (non-hydrogen) atoms. The molecule has 0 bridgehead atoms. The van der Waals surface area contributed by atoms with Crippen LogP contribution in [0.4, 0.5) is 0 Å². The molecule has 0 aliphatic carbocycles. The number of methoxy groups -OCH3 is 2. The standard InChI is InChI=1S/C18H15NO9S/c1-23-13-4-3-10(5-14(13)28-29(20,21)22)12-8-27-19-17(12)11-6-15(24-2)18-16(7-11)25-9-26-18/h3-8H,9H2,1-2H3,(H,20,21,22)/p-1. The summed E-state index contributed by atoms with van der Waals surface area (Å²) in [5.74, 6) is 1.26. The van der Waals surface area contributed by atoms with Crippen LogP contribution >= 0.6 is 0 Å². The Morgan fingerprint density at radius 2 is 1.76 bits per heavy atom. The topological polar surface area (TPSA) is 129 Å². The summed E-state index contributed by atoms with van der Waals surface area (Å²) in [6, 6.07) is 7.87. The first-order valence-electron chi connectivity index (χ1n) is 8.15. The fourth-order valence-electron chi connectivity index (χ4n) is 2.94. The summed E-state index contributed by atoms with van der Waals surface area (Å²) in [5.41, 5.74) is 2.05. The van der Waals surface area contributed by atoms with Crippen LogP contribution in [0.15, 0.2) is 41.1 Å². The van der Waals surface area contributed by atoms with E-state index >= 15 is 0 Å². The average molecular weight is 420 g/mol. The highest BCUT2D eigenvalue weighted by Crippen LogP contribution is 2.46. The lowest BCUT2D eigenvalue weighted by atomic mass is 10.0. The molecule has 0 saturated heterocycles. The molecule has 0 unspecified atom stereocenters. The molecular formula is C18H14NO9S-. The molecule has 0 fully saturated rings. The highest BCUT2D eigenvalue weighted by atomic mass is 32.3. The van der Waals surface area contributed by atoms with Crippen molar-refractivity contribution >= 4 is 10.4 Å². The summed E-state index contributed by atoms with van der Waals surface area (Å²) in [5, 5.41) is 4.03. The van der Waals surface area contributed by atoms with E-state index in [0.717, 1.165) is 0 Å². The maximum atomic E-state index is 11.0. The molecular weight excluding hydrogens is 406 g/mol. The second kappa shape index (κ2) is 7.18. The van der Waals surface area contributed by atoms with Gasteiger partial charge in [-0.15, -0.1) is 0 Å². The van der Waals surface area contributed by atoms with Gasteiger partial charge in [0.25, 0.3) is 10.4 Å². The van der Waals surface area contributed by atoms with Gasteiger partial charge < -0.3 is 32.2 Å². The normalized spacial score (nSPS) is 12.7. The molecule has 10 nitrogen and oxygen atoms in total. The van der Waals surface area contributed by atoms with Gasteiger partial charge in [-0.05, 0) is 29.8 Å². The van der Waals surface area contributed by atoms with Crippen LogP contribution < -0.4 is 23.1 Å². The predicted molar refractivity (Wildman–Crippen MR) is 96.9 cm³/mol. The zero-order valence-electron chi connectivity index (χ0n) is 15.2. The number of nitrogens with zero attached hydrogens (tertiary/aromatic N) is 1. The third-order valence-corrected chi connectivity index (χ3v) is 4.55. The van der Waals surface area contributed by atoms with Gasteiger partial charge in [0.2, 0.25) is 12.5 Å². The van der Waals surface area contributed by atoms with Crippen molar-refractivity contribution in [1.29, 1.82) is 0 Å². The van der Waals surface area contributed by atoms with Crippen LogP contribution in [-0.4, -0.2) is 39.1 Å². The summed E-state index contributed by atoms with van der Waals surface area (Å²) in [6.07, 6.45) is 1.38. The van der Waals surface area contributed by atoms with Gasteiger partial charge in [-0.2, -0.15) is 0 Å². The Balaban J connectivity index is 1.81. The number of fused-ring (bicyclic) bond motifs is 1. The van der Waals surface area contributed by atoms with E-state index in [-0.39, 0.29) is 18.3 Å². The van der Waals surface area contributed by atoms with E-state index in [1.165, 1.54) is 32.6 Å². The average Bonchev–Trinajstić information content (AvgIpc) is 3.35. The molecule has 152 valence electrons. The van der Waals surface area contributed by atoms with Crippen LogP contribution in [0.2, 0.25) is 0 Å². The Morgan fingerprint density at radius 1 is 1.00 bits per heavy atom. The van der Waals surface area contributed by atoms with Gasteiger partial charge in [-0.3, -0.25) is 0 Å². The van der Waals surface area contributed by atoms with E-state index in [4.69, 9.17) is 23.5 Å². The van der Waals surface area contributed by atoms with Gasteiger partial charge in [0.05, 0.1) is 14.2 Å². The van der Waals surface area contributed by atoms with Crippen LogP contribution in [-0.2, 0) is 10.4 Å². The number of hydrogen-bond donors (Lipinski definition) is 0. The van der Waals surface area contributed by atoms with Crippen molar-refractivity contribution < 1.29 is 40.6 Å². The molecule has 3 aromatic rings. The van der Waals surface area contributed by atoms with Gasteiger partial charge >= 0.3 is 0 Å². The Kier molecular flexibility index (Phi) is 4.68. The molecule has 1 aliphatic rings. The molecule has 0 spiro atoms. The van der Waals surface area contributed by atoms with E-state index in [0.29, 0.717) is 39.6 Å². The smallest absolute Gasteiger partial charge is 0.262 e. The number of rotatable bonds is 6. The van der Waals surface area contributed by atoms with E-state index in [9.17, 15) is 13.0 Å². The van der Waals surface area contributed by atoms with E-state index in [2.05, 4.69) is 9.34 Å². The molecule has 0 amide bonds. The van der Waals surface area contributed by atoms with Crippen molar-refractivity contribution in [3.05, 3.63) is 36.6 Å². The summed E-state index contributed by atoms with van der Waals surface area (Å²) in [4.78, 5) is 0. The maximum absolute atomic E-state index is 11.0. The molecule has 4 rings (SSSR count). The zero-order chi connectivity index (χ0) is 20.6. The first kappa shape index (κ1) is 18.9. The van der Waals surface area contributed by atoms with Gasteiger partial charge in [0.15, 0.2) is 23.0 Å². The lowest BCUT2D eigenvalue weighted by Crippen LogP contribution is -2.08. The molecule has 11 heteroatoms. The predicted octanol–water partition coefficient (Wildman–Crippen LogP) is 2.59. The van der Waals surface area contributed by atoms with Crippen molar-refractivity contribution in [2.45, 2.75) is 0 Å². The van der Waals surface area contributed by atoms with Gasteiger partial charge in [-0.1, -0.05) is 11.2 Å². The summed E-state index contributed by atoms with van der Waals surface area (Å²) in [6.45, 7) is 0.0731. The molecule has 0 atom stereocenters. The Morgan fingerprint density at radius 3 is 2.48 bits per heavy atom. The van der Waals surface area contributed by atoms with Crippen molar-refractivity contribution in [2.24, 2.45) is 0 Å². The fraction of sp³-hybridized carbons (Fsp3) is 0.167. The first-order valence-corrected chi connectivity index (χ1v) is 9.49. The third kappa shape index (κ3) is 3.65. The monoisotopic (exact) mass is 420 g/mol. The Labute approximate surface area is 165 Å². The van der Waals surface area contributed by atoms with Crippen molar-refractivity contribution in [3.8, 4) is 51.1 Å². The zero-order valence-corrected chi connectivity index (χ0v) is 16.0. The summed E-state index contributed by atoms with van der Waals surface area (Å²) >= 11 is 0. The van der Waals surface area contributed by atoms with Gasteiger partial charge in [0, 0.05) is 11.1 Å². The second-order valence-corrected chi connectivity index (χ2v) is 6.83. The van der Waals surface area contributed by atoms with Crippen LogP contribution in [0.1, 0.15) is 0 Å². The van der Waals surface area contributed by atoms with E-state index in [1.807, 2.05) is 0 Å². The summed E-state index contributed by atoms with van der Waals surface area (Å²) < 4.78 is 63.9. The number of hydrogen-bond acceptors (Lipinski definition) is 10. The Hall–Kier alpha value is -3.44. The lowest BCUT2D eigenvalue weighted by Gasteiger charge is -2.14. The highest BCUT2D eigenvalue weighted by Gasteiger charge is 2.23. The van der Waals surface area contributed by atoms with Crippen molar-refractivity contribution in [3.63, 3.8) is 0 Å². The van der Waals surface area contributed by atoms with Gasteiger partial charge in [0.1, 0.15) is 12.0 Å². The number of benzene rings is 2. The number of ether oxygens (including phenoxy) is 4. The molecule has 2 heterocycles. The van der Waals surface area contributed by atoms with E-state index < -0.39 is 10.4 Å². The minimum Gasteiger partial charge on any atom is -0.716 e. The van der Waals surface area contributed by atoms with Gasteiger partial charge in [-0.25, -0.2) is 8.42 Å². The summed E-state index contributed by atoms with van der Waals surface area (Å²) in [7, 11) is -2.17. The molecule has 0 saturated carbocycles. The SMILES string of the molecule is COc1ccc(-c2conc2-c2cc(OC)c3c(c2)OCO3)cc1OS(=O)(=O)[O-].